The molecule has 0 N–H and O–H groups in total. The van der Waals surface area contributed by atoms with Crippen LogP contribution >= 0.6 is 22.9 Å². The minimum Gasteiger partial charge on any atom is -0.247 e. The van der Waals surface area contributed by atoms with Crippen LogP contribution in [0.1, 0.15) is 15.3 Å². The van der Waals surface area contributed by atoms with E-state index in [9.17, 15) is 8.78 Å². The molecule has 0 aliphatic carbocycles. The van der Waals surface area contributed by atoms with E-state index >= 15 is 0 Å². The molecular formula is C18H15ClF2S. The van der Waals surface area contributed by atoms with Crippen molar-refractivity contribution in [2.45, 2.75) is 6.42 Å². The quantitative estimate of drug-likeness (QED) is 0.536. The molecule has 0 radical (unpaired) electrons. The molecule has 4 heteroatoms. The average Bonchev–Trinajstić information content (AvgIpc) is 2.97. The van der Waals surface area contributed by atoms with Gasteiger partial charge in [0.1, 0.15) is 12.5 Å². The Hall–Kier alpha value is -1.71. The Bertz CT molecular complexity index is 713. The zero-order valence-electron chi connectivity index (χ0n) is 11.9. The summed E-state index contributed by atoms with van der Waals surface area (Å²) in [7, 11) is 0. The van der Waals surface area contributed by atoms with Gasteiger partial charge in [-0.2, -0.15) is 0 Å². The number of alkyl halides is 1. The number of hydrogen-bond acceptors (Lipinski definition) is 1. The second-order valence-electron chi connectivity index (χ2n) is 4.58. The van der Waals surface area contributed by atoms with Crippen LogP contribution in [0.3, 0.4) is 0 Å². The maximum absolute atomic E-state index is 13.4. The fraction of sp³-hybridized carbons (Fsp3) is 0.111. The normalized spacial score (nSPS) is 12.5. The second kappa shape index (κ2) is 8.06. The first-order chi connectivity index (χ1) is 10.6. The molecule has 1 aromatic heterocycles. The Morgan fingerprint density at radius 3 is 2.68 bits per heavy atom. The lowest BCUT2D eigenvalue weighted by Gasteiger charge is -2.01. The first-order valence-corrected chi connectivity index (χ1v) is 7.91. The van der Waals surface area contributed by atoms with Gasteiger partial charge in [0.25, 0.3) is 0 Å². The number of halogens is 3. The third-order valence-electron chi connectivity index (χ3n) is 3.05. The summed E-state index contributed by atoms with van der Waals surface area (Å²) < 4.78 is 26.0. The van der Waals surface area contributed by atoms with E-state index in [1.54, 1.807) is 0 Å². The maximum Gasteiger partial charge on any atom is 0.123 e. The molecular weight excluding hydrogens is 322 g/mol. The first kappa shape index (κ1) is 16.7. The molecule has 0 saturated heterocycles. The highest BCUT2D eigenvalue weighted by atomic mass is 35.5. The highest BCUT2D eigenvalue weighted by Gasteiger charge is 2.07. The SMILES string of the molecule is C=C/C(F)=C\C(=C/CF)c1ccc(Cc2ccccc2Cl)s1. The number of hydrogen-bond donors (Lipinski definition) is 0. The van der Waals surface area contributed by atoms with Crippen LogP contribution in [-0.2, 0) is 6.42 Å². The monoisotopic (exact) mass is 336 g/mol. The van der Waals surface area contributed by atoms with Crippen molar-refractivity contribution < 1.29 is 8.78 Å². The number of thiophene rings is 1. The third-order valence-corrected chi connectivity index (χ3v) is 4.56. The van der Waals surface area contributed by atoms with Crippen molar-refractivity contribution in [3.8, 4) is 0 Å². The van der Waals surface area contributed by atoms with Crippen LogP contribution in [0.5, 0.6) is 0 Å². The van der Waals surface area contributed by atoms with Gasteiger partial charge in [-0.15, -0.1) is 11.3 Å². The van der Waals surface area contributed by atoms with Crippen LogP contribution in [0.4, 0.5) is 8.78 Å². The van der Waals surface area contributed by atoms with E-state index in [4.69, 9.17) is 11.6 Å². The lowest BCUT2D eigenvalue weighted by Crippen LogP contribution is -1.85. The Balaban J connectivity index is 2.25. The van der Waals surface area contributed by atoms with E-state index in [1.165, 1.54) is 23.5 Å². The Morgan fingerprint density at radius 1 is 1.23 bits per heavy atom. The van der Waals surface area contributed by atoms with Gasteiger partial charge >= 0.3 is 0 Å². The largest absolute Gasteiger partial charge is 0.247 e. The van der Waals surface area contributed by atoms with Crippen LogP contribution in [0.25, 0.3) is 5.57 Å². The van der Waals surface area contributed by atoms with Gasteiger partial charge in [-0.3, -0.25) is 0 Å². The maximum atomic E-state index is 13.4. The van der Waals surface area contributed by atoms with Gasteiger partial charge in [0.2, 0.25) is 0 Å². The Labute approximate surface area is 138 Å². The van der Waals surface area contributed by atoms with Gasteiger partial charge in [-0.1, -0.05) is 36.4 Å². The lowest BCUT2D eigenvalue weighted by atomic mass is 10.1. The fourth-order valence-electron chi connectivity index (χ4n) is 1.98. The van der Waals surface area contributed by atoms with Crippen molar-refractivity contribution in [2.75, 3.05) is 6.67 Å². The summed E-state index contributed by atoms with van der Waals surface area (Å²) in [6.45, 7) is 2.72. The second-order valence-corrected chi connectivity index (χ2v) is 6.16. The molecule has 0 nitrogen and oxygen atoms in total. The highest BCUT2D eigenvalue weighted by molar-refractivity contribution is 7.13. The molecule has 0 aliphatic rings. The minimum atomic E-state index is -0.645. The van der Waals surface area contributed by atoms with Crippen molar-refractivity contribution in [3.05, 3.63) is 87.4 Å². The molecule has 0 spiro atoms. The van der Waals surface area contributed by atoms with Crippen LogP contribution in [0.15, 0.2) is 67.0 Å². The van der Waals surface area contributed by atoms with Crippen molar-refractivity contribution >= 4 is 28.5 Å². The summed E-state index contributed by atoms with van der Waals surface area (Å²) in [6, 6.07) is 11.5. The zero-order valence-corrected chi connectivity index (χ0v) is 13.4. The van der Waals surface area contributed by atoms with Gasteiger partial charge in [0, 0.05) is 21.2 Å². The molecule has 2 aromatic rings. The molecule has 1 heterocycles. The lowest BCUT2D eigenvalue weighted by molar-refractivity contribution is 0.562. The summed E-state index contributed by atoms with van der Waals surface area (Å²) in [5, 5.41) is 0.717. The van der Waals surface area contributed by atoms with E-state index in [2.05, 4.69) is 6.58 Å². The standard InChI is InChI=1S/C18H15ClF2S/c1-2-15(21)11-14(9-10-20)18-8-7-16(22-18)12-13-5-3-4-6-17(13)19/h2-9,11H,1,10,12H2/b14-9+,15-11+. The van der Waals surface area contributed by atoms with Gasteiger partial charge in [0.15, 0.2) is 0 Å². The zero-order chi connectivity index (χ0) is 15.9. The molecule has 0 fully saturated rings. The van der Waals surface area contributed by atoms with Gasteiger partial charge < -0.3 is 0 Å². The van der Waals surface area contributed by atoms with E-state index in [1.807, 2.05) is 36.4 Å². The van der Waals surface area contributed by atoms with Crippen molar-refractivity contribution in [1.82, 2.24) is 0 Å². The van der Waals surface area contributed by atoms with E-state index in [-0.39, 0.29) is 0 Å². The molecule has 0 unspecified atom stereocenters. The summed E-state index contributed by atoms with van der Waals surface area (Å²) in [6.07, 6.45) is 4.44. The molecule has 22 heavy (non-hydrogen) atoms. The fourth-order valence-corrected chi connectivity index (χ4v) is 3.22. The molecule has 0 amide bonds. The Kier molecular flexibility index (Phi) is 6.10. The van der Waals surface area contributed by atoms with Crippen LogP contribution < -0.4 is 0 Å². The smallest absolute Gasteiger partial charge is 0.123 e. The van der Waals surface area contributed by atoms with Gasteiger partial charge in [-0.25, -0.2) is 8.78 Å². The summed E-state index contributed by atoms with van der Waals surface area (Å²) >= 11 is 7.65. The summed E-state index contributed by atoms with van der Waals surface area (Å²) in [4.78, 5) is 1.90. The van der Waals surface area contributed by atoms with Crippen molar-refractivity contribution in [3.63, 3.8) is 0 Å². The summed E-state index contributed by atoms with van der Waals surface area (Å²) in [5.41, 5.74) is 1.55. The summed E-state index contributed by atoms with van der Waals surface area (Å²) in [5.74, 6) is -0.485. The molecule has 0 saturated carbocycles. The predicted molar refractivity (Wildman–Crippen MR) is 91.9 cm³/mol. The van der Waals surface area contributed by atoms with Crippen molar-refractivity contribution in [1.29, 1.82) is 0 Å². The molecule has 0 aliphatic heterocycles. The highest BCUT2D eigenvalue weighted by Crippen LogP contribution is 2.29. The topological polar surface area (TPSA) is 0 Å². The molecule has 2 rings (SSSR count). The molecule has 114 valence electrons. The predicted octanol–water partition coefficient (Wildman–Crippen LogP) is 6.38. The van der Waals surface area contributed by atoms with Gasteiger partial charge in [0.05, 0.1) is 0 Å². The van der Waals surface area contributed by atoms with Gasteiger partial charge in [-0.05, 0) is 47.6 Å². The number of benzene rings is 1. The van der Waals surface area contributed by atoms with Crippen molar-refractivity contribution in [2.24, 2.45) is 0 Å². The number of rotatable bonds is 6. The van der Waals surface area contributed by atoms with E-state index in [0.717, 1.165) is 26.4 Å². The van der Waals surface area contributed by atoms with E-state index < -0.39 is 12.5 Å². The van der Waals surface area contributed by atoms with Crippen LogP contribution in [-0.4, -0.2) is 6.67 Å². The first-order valence-electron chi connectivity index (χ1n) is 6.72. The van der Waals surface area contributed by atoms with Crippen LogP contribution in [0.2, 0.25) is 5.02 Å². The molecule has 1 aromatic carbocycles. The molecule has 0 bridgehead atoms. The van der Waals surface area contributed by atoms with Crippen LogP contribution in [0, 0.1) is 0 Å². The third kappa shape index (κ3) is 4.39. The average molecular weight is 337 g/mol. The van der Waals surface area contributed by atoms with E-state index in [0.29, 0.717) is 12.0 Å². The molecule has 0 atom stereocenters. The minimum absolute atomic E-state index is 0.485. The number of allylic oxidation sites excluding steroid dienone is 5. The Morgan fingerprint density at radius 2 is 2.00 bits per heavy atom.